The van der Waals surface area contributed by atoms with Gasteiger partial charge in [-0.2, -0.15) is 0 Å². The lowest BCUT2D eigenvalue weighted by molar-refractivity contribution is -0.127. The van der Waals surface area contributed by atoms with Crippen molar-refractivity contribution in [3.05, 3.63) is 74.1 Å². The Morgan fingerprint density at radius 2 is 1.75 bits per heavy atom. The molecule has 4 nitrogen and oxygen atoms in total. The number of nitrogens with zero attached hydrogens (tertiary/aromatic N) is 1. The molecule has 32 heavy (non-hydrogen) atoms. The summed E-state index contributed by atoms with van der Waals surface area (Å²) in [5.41, 5.74) is 2.82. The summed E-state index contributed by atoms with van der Waals surface area (Å²) in [5, 5.41) is 7.28. The third-order valence-corrected chi connectivity index (χ3v) is 8.11. The molecule has 168 valence electrons. The number of benzene rings is 1. The zero-order valence-electron chi connectivity index (χ0n) is 18.7. The maximum absolute atomic E-state index is 13.8. The molecule has 2 amide bonds. The molecule has 0 saturated heterocycles. The van der Waals surface area contributed by atoms with Gasteiger partial charge in [-0.15, -0.1) is 22.7 Å². The van der Waals surface area contributed by atoms with Gasteiger partial charge in [0.15, 0.2) is 0 Å². The maximum Gasteiger partial charge on any atom is 0.248 e. The quantitative estimate of drug-likeness (QED) is 0.451. The van der Waals surface area contributed by atoms with Crippen molar-refractivity contribution >= 4 is 40.2 Å². The molecule has 1 aromatic carbocycles. The van der Waals surface area contributed by atoms with Crippen molar-refractivity contribution in [2.24, 2.45) is 0 Å². The second-order valence-corrected chi connectivity index (χ2v) is 10.5. The molecule has 1 N–H and O–H groups in total. The highest BCUT2D eigenvalue weighted by molar-refractivity contribution is 7.10. The number of amides is 2. The first kappa shape index (κ1) is 22.7. The summed E-state index contributed by atoms with van der Waals surface area (Å²) < 4.78 is 0. The van der Waals surface area contributed by atoms with Crippen LogP contribution in [0.15, 0.2) is 53.2 Å². The molecular weight excluding hydrogens is 436 g/mol. The van der Waals surface area contributed by atoms with E-state index >= 15 is 0 Å². The summed E-state index contributed by atoms with van der Waals surface area (Å²) in [5.74, 6) is -0.136. The first-order valence-corrected chi connectivity index (χ1v) is 13.0. The third kappa shape index (κ3) is 5.13. The average molecular weight is 467 g/mol. The number of rotatable bonds is 7. The summed E-state index contributed by atoms with van der Waals surface area (Å²) in [6.45, 7) is 4.02. The largest absolute Gasteiger partial charge is 0.351 e. The highest BCUT2D eigenvalue weighted by atomic mass is 32.1. The predicted molar refractivity (Wildman–Crippen MR) is 134 cm³/mol. The summed E-state index contributed by atoms with van der Waals surface area (Å²) in [4.78, 5) is 31.2. The van der Waals surface area contributed by atoms with Gasteiger partial charge in [-0.05, 0) is 66.8 Å². The molecule has 0 radical (unpaired) electrons. The van der Waals surface area contributed by atoms with Crippen LogP contribution in [-0.4, -0.2) is 17.9 Å². The molecule has 2 heterocycles. The smallest absolute Gasteiger partial charge is 0.248 e. The van der Waals surface area contributed by atoms with Crippen LogP contribution in [0.5, 0.6) is 0 Å². The lowest BCUT2D eigenvalue weighted by Gasteiger charge is -2.34. The summed E-state index contributed by atoms with van der Waals surface area (Å²) >= 11 is 3.12. The number of anilines is 1. The number of carbonyl (C=O) groups excluding carboxylic acids is 2. The molecule has 1 fully saturated rings. The third-order valence-electron chi connectivity index (χ3n) is 6.16. The van der Waals surface area contributed by atoms with E-state index in [-0.39, 0.29) is 24.3 Å². The number of nitrogens with one attached hydrogen (secondary N) is 1. The van der Waals surface area contributed by atoms with Gasteiger partial charge in [0, 0.05) is 21.5 Å². The van der Waals surface area contributed by atoms with E-state index in [4.69, 9.17) is 0 Å². The van der Waals surface area contributed by atoms with Gasteiger partial charge in [0.05, 0.1) is 6.42 Å². The van der Waals surface area contributed by atoms with E-state index in [0.717, 1.165) is 52.3 Å². The fraction of sp³-hybridized carbons (Fsp3) is 0.385. The average Bonchev–Trinajstić information content (AvgIpc) is 3.45. The van der Waals surface area contributed by atoms with Crippen LogP contribution >= 0.6 is 22.7 Å². The fourth-order valence-electron chi connectivity index (χ4n) is 4.44. The van der Waals surface area contributed by atoms with Crippen molar-refractivity contribution in [1.29, 1.82) is 0 Å². The van der Waals surface area contributed by atoms with Crippen LogP contribution < -0.4 is 10.2 Å². The summed E-state index contributed by atoms with van der Waals surface area (Å²) in [7, 11) is 0. The lowest BCUT2D eigenvalue weighted by atomic mass is 9.95. The molecule has 1 aliphatic carbocycles. The lowest BCUT2D eigenvalue weighted by Crippen LogP contribution is -2.47. The highest BCUT2D eigenvalue weighted by Crippen LogP contribution is 2.35. The SMILES string of the molecule is Cc1ccccc1N(C(=O)Cc1cccs1)[C@H](C(=O)NC1CCCCC1)c1sccc1C. The summed E-state index contributed by atoms with van der Waals surface area (Å²) in [6, 6.07) is 13.3. The first-order chi connectivity index (χ1) is 15.5. The van der Waals surface area contributed by atoms with Crippen LogP contribution in [0, 0.1) is 13.8 Å². The zero-order chi connectivity index (χ0) is 22.5. The number of aryl methyl sites for hydroxylation is 2. The van der Waals surface area contributed by atoms with E-state index in [9.17, 15) is 9.59 Å². The van der Waals surface area contributed by atoms with Crippen LogP contribution in [-0.2, 0) is 16.0 Å². The Bertz CT molecular complexity index is 1050. The van der Waals surface area contributed by atoms with E-state index in [1.54, 1.807) is 27.6 Å². The molecule has 4 rings (SSSR count). The highest BCUT2D eigenvalue weighted by Gasteiger charge is 2.36. The molecule has 1 atom stereocenters. The van der Waals surface area contributed by atoms with Crippen molar-refractivity contribution in [2.45, 2.75) is 64.5 Å². The molecule has 0 aliphatic heterocycles. The van der Waals surface area contributed by atoms with Crippen LogP contribution in [0.2, 0.25) is 0 Å². The van der Waals surface area contributed by atoms with Gasteiger partial charge in [0.25, 0.3) is 0 Å². The van der Waals surface area contributed by atoms with Gasteiger partial charge in [-0.25, -0.2) is 0 Å². The molecule has 3 aromatic rings. The molecule has 0 spiro atoms. The Labute approximate surface area is 198 Å². The van der Waals surface area contributed by atoms with E-state index in [0.29, 0.717) is 0 Å². The molecule has 1 aliphatic rings. The number of hydrogen-bond donors (Lipinski definition) is 1. The van der Waals surface area contributed by atoms with Gasteiger partial charge in [0.1, 0.15) is 6.04 Å². The number of thiophene rings is 2. The van der Waals surface area contributed by atoms with Gasteiger partial charge in [-0.3, -0.25) is 14.5 Å². The molecular formula is C26H30N2O2S2. The van der Waals surface area contributed by atoms with E-state index in [1.807, 2.05) is 67.1 Å². The second-order valence-electron chi connectivity index (χ2n) is 8.52. The van der Waals surface area contributed by atoms with E-state index in [1.165, 1.54) is 6.42 Å². The van der Waals surface area contributed by atoms with Crippen molar-refractivity contribution in [1.82, 2.24) is 5.32 Å². The summed E-state index contributed by atoms with van der Waals surface area (Å²) in [6.07, 6.45) is 5.82. The van der Waals surface area contributed by atoms with E-state index in [2.05, 4.69) is 5.32 Å². The van der Waals surface area contributed by atoms with Crippen LogP contribution in [0.4, 0.5) is 5.69 Å². The number of hydrogen-bond acceptors (Lipinski definition) is 4. The van der Waals surface area contributed by atoms with Gasteiger partial charge >= 0.3 is 0 Å². The topological polar surface area (TPSA) is 49.4 Å². The van der Waals surface area contributed by atoms with Crippen LogP contribution in [0.25, 0.3) is 0 Å². The normalized spacial score (nSPS) is 15.3. The minimum Gasteiger partial charge on any atom is -0.351 e. The minimum absolute atomic E-state index is 0.0571. The Morgan fingerprint density at radius 3 is 2.41 bits per heavy atom. The Balaban J connectivity index is 1.75. The van der Waals surface area contributed by atoms with Gasteiger partial charge in [0.2, 0.25) is 11.8 Å². The molecule has 6 heteroatoms. The van der Waals surface area contributed by atoms with Crippen LogP contribution in [0.3, 0.4) is 0 Å². The Morgan fingerprint density at radius 1 is 0.969 bits per heavy atom. The zero-order valence-corrected chi connectivity index (χ0v) is 20.3. The maximum atomic E-state index is 13.8. The fourth-order valence-corrected chi connectivity index (χ4v) is 6.15. The monoisotopic (exact) mass is 466 g/mol. The van der Waals surface area contributed by atoms with Crippen molar-refractivity contribution in [3.63, 3.8) is 0 Å². The molecule has 0 bridgehead atoms. The Hall–Kier alpha value is -2.44. The van der Waals surface area contributed by atoms with Crippen molar-refractivity contribution in [3.8, 4) is 0 Å². The first-order valence-electron chi connectivity index (χ1n) is 11.3. The predicted octanol–water partition coefficient (Wildman–Crippen LogP) is 6.19. The molecule has 0 unspecified atom stereocenters. The minimum atomic E-state index is -0.675. The van der Waals surface area contributed by atoms with Gasteiger partial charge < -0.3 is 5.32 Å². The van der Waals surface area contributed by atoms with E-state index < -0.39 is 6.04 Å². The van der Waals surface area contributed by atoms with Crippen molar-refractivity contribution < 1.29 is 9.59 Å². The second kappa shape index (κ2) is 10.5. The number of carbonyl (C=O) groups is 2. The molecule has 2 aromatic heterocycles. The Kier molecular flexibility index (Phi) is 7.43. The number of para-hydroxylation sites is 1. The van der Waals surface area contributed by atoms with Gasteiger partial charge in [-0.1, -0.05) is 43.5 Å². The standard InChI is InChI=1S/C26H30N2O2S2/c1-18-9-6-7-13-22(18)28(23(29)17-21-12-8-15-31-21)24(25-19(2)14-16-32-25)26(30)27-20-10-4-3-5-11-20/h6-9,12-16,20,24H,3-5,10-11,17H2,1-2H3,(H,27,30)/t24-/m0/s1. The molecule has 1 saturated carbocycles. The van der Waals surface area contributed by atoms with Crippen LogP contribution in [0.1, 0.15) is 59.0 Å². The van der Waals surface area contributed by atoms with Crippen molar-refractivity contribution in [2.75, 3.05) is 4.90 Å².